The van der Waals surface area contributed by atoms with E-state index in [1.54, 1.807) is 6.20 Å². The molecular weight excluding hydrogens is 228 g/mol. The van der Waals surface area contributed by atoms with Crippen LogP contribution in [0.15, 0.2) is 42.7 Å². The van der Waals surface area contributed by atoms with Crippen LogP contribution in [-0.4, -0.2) is 26.9 Å². The van der Waals surface area contributed by atoms with E-state index in [-0.39, 0.29) is 12.2 Å². The van der Waals surface area contributed by atoms with Gasteiger partial charge in [0.05, 0.1) is 18.1 Å². The van der Waals surface area contributed by atoms with Crippen LogP contribution in [0.4, 0.5) is 0 Å². The summed E-state index contributed by atoms with van der Waals surface area (Å²) in [5, 5.41) is 11.0. The minimum atomic E-state index is -0.442. The van der Waals surface area contributed by atoms with Crippen LogP contribution >= 0.6 is 0 Å². The molecule has 0 unspecified atom stereocenters. The highest BCUT2D eigenvalue weighted by atomic mass is 16.3. The zero-order chi connectivity index (χ0) is 12.5. The number of imidazole rings is 1. The molecule has 1 N–H and O–H groups in total. The fraction of sp³-hybridized carbons (Fsp3) is 0.143. The predicted octanol–water partition coefficient (Wildman–Crippen LogP) is 1.59. The van der Waals surface area contributed by atoms with Crippen molar-refractivity contribution in [2.45, 2.75) is 6.42 Å². The van der Waals surface area contributed by atoms with Gasteiger partial charge in [-0.15, -0.1) is 0 Å². The number of ketones is 1. The van der Waals surface area contributed by atoms with Crippen LogP contribution in [0.2, 0.25) is 0 Å². The summed E-state index contributed by atoms with van der Waals surface area (Å²) >= 11 is 0. The van der Waals surface area contributed by atoms with Gasteiger partial charge in [-0.25, -0.2) is 4.98 Å². The summed E-state index contributed by atoms with van der Waals surface area (Å²) in [7, 11) is 0. The lowest BCUT2D eigenvalue weighted by atomic mass is 10.1. The van der Waals surface area contributed by atoms with Crippen molar-refractivity contribution < 1.29 is 9.90 Å². The molecule has 2 aromatic heterocycles. The Kier molecular flexibility index (Phi) is 2.57. The number of Topliss-reactive ketones (excluding diaryl/α,β-unsaturated/α-hetero) is 1. The van der Waals surface area contributed by atoms with E-state index in [1.165, 1.54) is 0 Å². The van der Waals surface area contributed by atoms with Gasteiger partial charge in [0, 0.05) is 11.6 Å². The van der Waals surface area contributed by atoms with Gasteiger partial charge in [0.2, 0.25) is 0 Å². The van der Waals surface area contributed by atoms with Crippen molar-refractivity contribution in [3.8, 4) is 0 Å². The molecule has 3 aromatic rings. The van der Waals surface area contributed by atoms with Gasteiger partial charge in [-0.1, -0.05) is 24.3 Å². The molecular formula is C14H12N2O2. The predicted molar refractivity (Wildman–Crippen MR) is 68.5 cm³/mol. The minimum Gasteiger partial charge on any atom is -0.389 e. The maximum Gasteiger partial charge on any atom is 0.165 e. The van der Waals surface area contributed by atoms with Gasteiger partial charge < -0.3 is 9.51 Å². The van der Waals surface area contributed by atoms with E-state index in [2.05, 4.69) is 4.98 Å². The van der Waals surface area contributed by atoms with E-state index < -0.39 is 6.61 Å². The quantitative estimate of drug-likeness (QED) is 0.756. The molecule has 2 heterocycles. The van der Waals surface area contributed by atoms with Crippen LogP contribution in [0.3, 0.4) is 0 Å². The lowest BCUT2D eigenvalue weighted by Crippen LogP contribution is -2.10. The second kappa shape index (κ2) is 4.23. The summed E-state index contributed by atoms with van der Waals surface area (Å²) in [5.41, 5.74) is 0.980. The molecule has 0 atom stereocenters. The fourth-order valence-electron chi connectivity index (χ4n) is 2.16. The number of fused-ring (bicyclic) bond motifs is 3. The highest BCUT2D eigenvalue weighted by Crippen LogP contribution is 2.20. The van der Waals surface area contributed by atoms with Crippen molar-refractivity contribution in [3.05, 3.63) is 48.5 Å². The lowest BCUT2D eigenvalue weighted by Gasteiger charge is -2.03. The number of benzene rings is 1. The number of pyridine rings is 1. The molecule has 0 radical (unpaired) electrons. The minimum absolute atomic E-state index is 0.156. The number of rotatable bonds is 3. The Morgan fingerprint density at radius 1 is 1.28 bits per heavy atom. The summed E-state index contributed by atoms with van der Waals surface area (Å²) in [5.74, 6) is 0.436. The van der Waals surface area contributed by atoms with E-state index in [4.69, 9.17) is 5.11 Å². The monoisotopic (exact) mass is 240 g/mol. The van der Waals surface area contributed by atoms with Crippen molar-refractivity contribution in [3.63, 3.8) is 0 Å². The van der Waals surface area contributed by atoms with Gasteiger partial charge in [-0.2, -0.15) is 0 Å². The Morgan fingerprint density at radius 3 is 2.94 bits per heavy atom. The van der Waals surface area contributed by atoms with Crippen molar-refractivity contribution >= 4 is 22.1 Å². The highest BCUT2D eigenvalue weighted by molar-refractivity contribution is 5.95. The molecule has 0 aliphatic heterocycles. The lowest BCUT2D eigenvalue weighted by molar-refractivity contribution is -0.121. The Morgan fingerprint density at radius 2 is 2.11 bits per heavy atom. The zero-order valence-electron chi connectivity index (χ0n) is 9.71. The molecule has 4 heteroatoms. The summed E-state index contributed by atoms with van der Waals surface area (Å²) in [6, 6.07) is 10.0. The molecule has 0 aliphatic carbocycles. The second-order valence-corrected chi connectivity index (χ2v) is 4.21. The standard InChI is InChI=1S/C14H12N2O2/c17-9-11(18)7-14-15-8-13-12-4-2-1-3-10(12)5-6-16(13)14/h1-6,8,17H,7,9H2. The fourth-order valence-corrected chi connectivity index (χ4v) is 2.16. The molecule has 0 saturated heterocycles. The molecule has 0 bridgehead atoms. The average Bonchev–Trinajstić information content (AvgIpc) is 2.82. The first kappa shape index (κ1) is 10.9. The first-order chi connectivity index (χ1) is 8.79. The molecule has 0 saturated carbocycles. The smallest absolute Gasteiger partial charge is 0.165 e. The van der Waals surface area contributed by atoms with Crippen LogP contribution < -0.4 is 0 Å². The Labute approximate surface area is 104 Å². The Balaban J connectivity index is 2.20. The van der Waals surface area contributed by atoms with Crippen LogP contribution in [0.1, 0.15) is 5.82 Å². The summed E-state index contributed by atoms with van der Waals surface area (Å²) in [4.78, 5) is 15.5. The SMILES string of the molecule is O=C(CO)Cc1ncc2c3ccccc3ccn12. The molecule has 0 fully saturated rings. The van der Waals surface area contributed by atoms with E-state index in [0.717, 1.165) is 16.3 Å². The van der Waals surface area contributed by atoms with E-state index in [1.807, 2.05) is 40.9 Å². The van der Waals surface area contributed by atoms with Crippen LogP contribution in [-0.2, 0) is 11.2 Å². The Bertz CT molecular complexity index is 731. The van der Waals surface area contributed by atoms with Gasteiger partial charge >= 0.3 is 0 Å². The topological polar surface area (TPSA) is 54.6 Å². The third kappa shape index (κ3) is 1.67. The van der Waals surface area contributed by atoms with E-state index in [0.29, 0.717) is 5.82 Å². The average molecular weight is 240 g/mol. The number of hydrogen-bond donors (Lipinski definition) is 1. The molecule has 0 aliphatic rings. The van der Waals surface area contributed by atoms with E-state index in [9.17, 15) is 4.79 Å². The summed E-state index contributed by atoms with van der Waals surface area (Å²) < 4.78 is 1.90. The normalized spacial score (nSPS) is 11.2. The van der Waals surface area contributed by atoms with E-state index >= 15 is 0 Å². The zero-order valence-corrected chi connectivity index (χ0v) is 9.71. The number of aliphatic hydroxyl groups excluding tert-OH is 1. The van der Waals surface area contributed by atoms with Gasteiger partial charge in [0.25, 0.3) is 0 Å². The van der Waals surface area contributed by atoms with Crippen molar-refractivity contribution in [2.75, 3.05) is 6.61 Å². The number of carbonyl (C=O) groups is 1. The van der Waals surface area contributed by atoms with Gasteiger partial charge in [0.15, 0.2) is 5.78 Å². The van der Waals surface area contributed by atoms with Gasteiger partial charge in [-0.3, -0.25) is 4.79 Å². The van der Waals surface area contributed by atoms with Crippen molar-refractivity contribution in [1.82, 2.24) is 9.38 Å². The summed E-state index contributed by atoms with van der Waals surface area (Å²) in [6.45, 7) is -0.442. The van der Waals surface area contributed by atoms with Crippen molar-refractivity contribution in [1.29, 1.82) is 0 Å². The first-order valence-electron chi connectivity index (χ1n) is 5.76. The molecule has 3 rings (SSSR count). The van der Waals surface area contributed by atoms with Gasteiger partial charge in [-0.05, 0) is 11.5 Å². The van der Waals surface area contributed by atoms with Crippen LogP contribution in [0.5, 0.6) is 0 Å². The molecule has 0 amide bonds. The molecule has 4 nitrogen and oxygen atoms in total. The summed E-state index contributed by atoms with van der Waals surface area (Å²) in [6.07, 6.45) is 3.83. The number of carbonyl (C=O) groups excluding carboxylic acids is 1. The highest BCUT2D eigenvalue weighted by Gasteiger charge is 2.09. The number of hydrogen-bond acceptors (Lipinski definition) is 3. The van der Waals surface area contributed by atoms with Gasteiger partial charge in [0.1, 0.15) is 12.4 Å². The van der Waals surface area contributed by atoms with Crippen molar-refractivity contribution in [2.24, 2.45) is 0 Å². The molecule has 90 valence electrons. The number of aliphatic hydroxyl groups is 1. The maximum atomic E-state index is 11.3. The Hall–Kier alpha value is -2.20. The van der Waals surface area contributed by atoms with Crippen LogP contribution in [0.25, 0.3) is 16.3 Å². The molecule has 18 heavy (non-hydrogen) atoms. The largest absolute Gasteiger partial charge is 0.389 e. The second-order valence-electron chi connectivity index (χ2n) is 4.21. The van der Waals surface area contributed by atoms with Crippen LogP contribution in [0, 0.1) is 0 Å². The first-order valence-corrected chi connectivity index (χ1v) is 5.76. The third-order valence-electron chi connectivity index (χ3n) is 3.05. The number of nitrogens with zero attached hydrogens (tertiary/aromatic N) is 2. The maximum absolute atomic E-state index is 11.3. The molecule has 0 spiro atoms. The molecule has 1 aromatic carbocycles. The number of aromatic nitrogens is 2. The third-order valence-corrected chi connectivity index (χ3v) is 3.05.